The predicted molar refractivity (Wildman–Crippen MR) is 62.1 cm³/mol. The van der Waals surface area contributed by atoms with Crippen LogP contribution in [0.4, 0.5) is 0 Å². The molecule has 0 bridgehead atoms. The molecular weight excluding hydrogens is 192 g/mol. The van der Waals surface area contributed by atoms with Crippen molar-refractivity contribution in [3.8, 4) is 0 Å². The lowest BCUT2D eigenvalue weighted by atomic mass is 9.96. The zero-order chi connectivity index (χ0) is 11.9. The Kier molecular flexibility index (Phi) is 6.52. The molecule has 4 heteroatoms. The molecule has 0 fully saturated rings. The van der Waals surface area contributed by atoms with Gasteiger partial charge in [0.2, 0.25) is 0 Å². The van der Waals surface area contributed by atoms with Gasteiger partial charge in [-0.2, -0.15) is 0 Å². The minimum Gasteiger partial charge on any atom is -0.480 e. The SMILES string of the molecule is CCNC(C)(CCCN(C)CC)C(=O)O. The molecule has 0 amide bonds. The van der Waals surface area contributed by atoms with Gasteiger partial charge in [-0.05, 0) is 46.4 Å². The second-order valence-corrected chi connectivity index (χ2v) is 4.17. The highest BCUT2D eigenvalue weighted by Gasteiger charge is 2.31. The number of rotatable bonds is 8. The van der Waals surface area contributed by atoms with Crippen molar-refractivity contribution in [2.75, 3.05) is 26.7 Å². The fourth-order valence-corrected chi connectivity index (χ4v) is 1.52. The normalized spacial score (nSPS) is 15.3. The number of hydrogen-bond acceptors (Lipinski definition) is 3. The second-order valence-electron chi connectivity index (χ2n) is 4.17. The Balaban J connectivity index is 4.02. The fraction of sp³-hybridized carbons (Fsp3) is 0.909. The summed E-state index contributed by atoms with van der Waals surface area (Å²) in [6.07, 6.45) is 1.57. The Hall–Kier alpha value is -0.610. The molecule has 0 spiro atoms. The van der Waals surface area contributed by atoms with Crippen molar-refractivity contribution in [2.24, 2.45) is 0 Å². The average Bonchev–Trinajstić information content (AvgIpc) is 2.17. The molecule has 0 aromatic carbocycles. The Labute approximate surface area is 92.7 Å². The first-order chi connectivity index (χ1) is 6.96. The molecule has 15 heavy (non-hydrogen) atoms. The van der Waals surface area contributed by atoms with Gasteiger partial charge in [0.15, 0.2) is 0 Å². The van der Waals surface area contributed by atoms with Gasteiger partial charge >= 0.3 is 5.97 Å². The second kappa shape index (κ2) is 6.80. The number of carboxylic acids is 1. The lowest BCUT2D eigenvalue weighted by molar-refractivity contribution is -0.144. The summed E-state index contributed by atoms with van der Waals surface area (Å²) in [5.74, 6) is -0.761. The van der Waals surface area contributed by atoms with Crippen LogP contribution in [0.1, 0.15) is 33.6 Å². The van der Waals surface area contributed by atoms with Crippen LogP contribution in [0.3, 0.4) is 0 Å². The van der Waals surface area contributed by atoms with Crippen LogP contribution in [-0.2, 0) is 4.79 Å². The van der Waals surface area contributed by atoms with E-state index >= 15 is 0 Å². The van der Waals surface area contributed by atoms with Crippen LogP contribution in [0, 0.1) is 0 Å². The zero-order valence-electron chi connectivity index (χ0n) is 10.3. The van der Waals surface area contributed by atoms with E-state index in [1.807, 2.05) is 14.0 Å². The molecule has 0 heterocycles. The molecule has 0 aliphatic heterocycles. The van der Waals surface area contributed by atoms with Crippen LogP contribution in [0.2, 0.25) is 0 Å². The highest BCUT2D eigenvalue weighted by molar-refractivity contribution is 5.78. The lowest BCUT2D eigenvalue weighted by Gasteiger charge is -2.26. The zero-order valence-corrected chi connectivity index (χ0v) is 10.3. The van der Waals surface area contributed by atoms with Gasteiger partial charge in [-0.15, -0.1) is 0 Å². The van der Waals surface area contributed by atoms with Crippen LogP contribution < -0.4 is 5.32 Å². The molecule has 0 rings (SSSR count). The van der Waals surface area contributed by atoms with Crippen LogP contribution >= 0.6 is 0 Å². The van der Waals surface area contributed by atoms with E-state index in [1.165, 1.54) is 0 Å². The molecule has 0 aromatic rings. The Morgan fingerprint density at radius 1 is 1.47 bits per heavy atom. The molecule has 1 atom stereocenters. The van der Waals surface area contributed by atoms with Gasteiger partial charge in [0.25, 0.3) is 0 Å². The van der Waals surface area contributed by atoms with Gasteiger partial charge in [0, 0.05) is 0 Å². The van der Waals surface area contributed by atoms with E-state index in [0.717, 1.165) is 19.5 Å². The molecule has 0 saturated carbocycles. The van der Waals surface area contributed by atoms with E-state index in [9.17, 15) is 4.79 Å². The van der Waals surface area contributed by atoms with Crippen molar-refractivity contribution in [3.05, 3.63) is 0 Å². The first kappa shape index (κ1) is 14.4. The first-order valence-corrected chi connectivity index (χ1v) is 5.63. The summed E-state index contributed by atoms with van der Waals surface area (Å²) < 4.78 is 0. The van der Waals surface area contributed by atoms with Gasteiger partial charge in [-0.25, -0.2) is 0 Å². The highest BCUT2D eigenvalue weighted by atomic mass is 16.4. The summed E-state index contributed by atoms with van der Waals surface area (Å²) in [6.45, 7) is 8.42. The van der Waals surface area contributed by atoms with Gasteiger partial charge in [-0.3, -0.25) is 4.79 Å². The number of likely N-dealkylation sites (N-methyl/N-ethyl adjacent to an activating group) is 1. The van der Waals surface area contributed by atoms with Crippen LogP contribution in [0.25, 0.3) is 0 Å². The summed E-state index contributed by atoms with van der Waals surface area (Å²) in [7, 11) is 2.05. The van der Waals surface area contributed by atoms with Gasteiger partial charge in [0.05, 0.1) is 0 Å². The van der Waals surface area contributed by atoms with Crippen LogP contribution in [0.15, 0.2) is 0 Å². The molecule has 4 nitrogen and oxygen atoms in total. The number of aliphatic carboxylic acids is 1. The van der Waals surface area contributed by atoms with Crippen LogP contribution in [-0.4, -0.2) is 48.2 Å². The van der Waals surface area contributed by atoms with E-state index in [2.05, 4.69) is 17.1 Å². The summed E-state index contributed by atoms with van der Waals surface area (Å²) in [4.78, 5) is 13.3. The van der Waals surface area contributed by atoms with Crippen molar-refractivity contribution in [3.63, 3.8) is 0 Å². The number of nitrogens with zero attached hydrogens (tertiary/aromatic N) is 1. The number of nitrogens with one attached hydrogen (secondary N) is 1. The number of hydrogen-bond donors (Lipinski definition) is 2. The van der Waals surface area contributed by atoms with Gasteiger partial charge in [0.1, 0.15) is 5.54 Å². The average molecular weight is 216 g/mol. The summed E-state index contributed by atoms with van der Waals surface area (Å²) in [5, 5.41) is 12.1. The van der Waals surface area contributed by atoms with E-state index in [0.29, 0.717) is 13.0 Å². The molecule has 0 radical (unpaired) electrons. The third kappa shape index (κ3) is 5.14. The topological polar surface area (TPSA) is 52.6 Å². The summed E-state index contributed by atoms with van der Waals surface area (Å²) >= 11 is 0. The first-order valence-electron chi connectivity index (χ1n) is 5.63. The fourth-order valence-electron chi connectivity index (χ4n) is 1.52. The number of carboxylic acid groups (broad SMARTS) is 1. The molecule has 2 N–H and O–H groups in total. The molecular formula is C11H24N2O2. The smallest absolute Gasteiger partial charge is 0.323 e. The van der Waals surface area contributed by atoms with Gasteiger partial charge in [-0.1, -0.05) is 13.8 Å². The maximum Gasteiger partial charge on any atom is 0.323 e. The van der Waals surface area contributed by atoms with E-state index in [-0.39, 0.29) is 0 Å². The molecule has 0 saturated heterocycles. The molecule has 0 aliphatic carbocycles. The summed E-state index contributed by atoms with van der Waals surface area (Å²) in [5.41, 5.74) is -0.774. The third-order valence-corrected chi connectivity index (χ3v) is 2.80. The monoisotopic (exact) mass is 216 g/mol. The van der Waals surface area contributed by atoms with E-state index in [1.54, 1.807) is 6.92 Å². The van der Waals surface area contributed by atoms with Crippen molar-refractivity contribution in [2.45, 2.75) is 39.2 Å². The van der Waals surface area contributed by atoms with Crippen molar-refractivity contribution in [1.29, 1.82) is 0 Å². The Morgan fingerprint density at radius 2 is 2.07 bits per heavy atom. The van der Waals surface area contributed by atoms with Crippen LogP contribution in [0.5, 0.6) is 0 Å². The van der Waals surface area contributed by atoms with E-state index < -0.39 is 11.5 Å². The molecule has 1 unspecified atom stereocenters. The molecule has 0 aromatic heterocycles. The largest absolute Gasteiger partial charge is 0.480 e. The Bertz CT molecular complexity index is 197. The summed E-state index contributed by atoms with van der Waals surface area (Å²) in [6, 6.07) is 0. The van der Waals surface area contributed by atoms with Crippen molar-refractivity contribution < 1.29 is 9.90 Å². The maximum absolute atomic E-state index is 11.1. The molecule has 90 valence electrons. The standard InChI is InChI=1S/C11H24N2O2/c1-5-12-11(3,10(14)15)8-7-9-13(4)6-2/h12H,5-9H2,1-4H3,(H,14,15). The maximum atomic E-state index is 11.1. The molecule has 0 aliphatic rings. The third-order valence-electron chi connectivity index (χ3n) is 2.80. The van der Waals surface area contributed by atoms with Crippen molar-refractivity contribution >= 4 is 5.97 Å². The predicted octanol–water partition coefficient (Wildman–Crippen LogP) is 1.17. The quantitative estimate of drug-likeness (QED) is 0.639. The Morgan fingerprint density at radius 3 is 2.47 bits per heavy atom. The lowest BCUT2D eigenvalue weighted by Crippen LogP contribution is -2.49. The number of carbonyl (C=O) groups is 1. The van der Waals surface area contributed by atoms with Gasteiger partial charge < -0.3 is 15.3 Å². The van der Waals surface area contributed by atoms with E-state index in [4.69, 9.17) is 5.11 Å². The minimum absolute atomic E-state index is 0.667. The highest BCUT2D eigenvalue weighted by Crippen LogP contribution is 2.12. The van der Waals surface area contributed by atoms with Crippen molar-refractivity contribution in [1.82, 2.24) is 10.2 Å². The minimum atomic E-state index is -0.774.